The average Bonchev–Trinajstić information content (AvgIpc) is 3.33. The molecule has 9 nitrogen and oxygen atoms in total. The number of ether oxygens (including phenoxy) is 4. The van der Waals surface area contributed by atoms with Crippen molar-refractivity contribution in [1.82, 2.24) is 9.36 Å². The number of para-hydroxylation sites is 2. The lowest BCUT2D eigenvalue weighted by molar-refractivity contribution is -0.112. The van der Waals surface area contributed by atoms with E-state index in [0.29, 0.717) is 45.5 Å². The number of benzene rings is 2. The zero-order chi connectivity index (χ0) is 24.3. The van der Waals surface area contributed by atoms with Crippen molar-refractivity contribution >= 4 is 40.4 Å². The number of rotatable bonds is 11. The van der Waals surface area contributed by atoms with Gasteiger partial charge in [0, 0.05) is 11.5 Å². The Morgan fingerprint density at radius 1 is 1.09 bits per heavy atom. The first-order valence-electron chi connectivity index (χ1n) is 9.95. The first kappa shape index (κ1) is 24.9. The van der Waals surface area contributed by atoms with Crippen LogP contribution in [0.1, 0.15) is 5.56 Å². The fraction of sp³-hybridized carbons (Fsp3) is 0.217. The molecule has 1 N–H and O–H groups in total. The van der Waals surface area contributed by atoms with E-state index in [-0.39, 0.29) is 12.2 Å². The number of carbonyl (C=O) groups is 1. The van der Waals surface area contributed by atoms with Crippen LogP contribution in [0.3, 0.4) is 0 Å². The number of nitriles is 1. The Kier molecular flexibility index (Phi) is 9.13. The number of methoxy groups -OCH3 is 2. The third-order valence-corrected chi connectivity index (χ3v) is 5.64. The number of thioether (sulfide) groups is 1. The Bertz CT molecular complexity index is 1210. The predicted molar refractivity (Wildman–Crippen MR) is 131 cm³/mol. The fourth-order valence-electron chi connectivity index (χ4n) is 2.76. The van der Waals surface area contributed by atoms with E-state index in [4.69, 9.17) is 18.9 Å². The minimum atomic E-state index is -0.570. The van der Waals surface area contributed by atoms with Crippen molar-refractivity contribution in [2.45, 2.75) is 5.16 Å². The van der Waals surface area contributed by atoms with Crippen LogP contribution in [0.5, 0.6) is 23.0 Å². The van der Waals surface area contributed by atoms with Crippen molar-refractivity contribution in [2.75, 3.05) is 39.0 Å². The lowest BCUT2D eigenvalue weighted by Gasteiger charge is -2.13. The van der Waals surface area contributed by atoms with Gasteiger partial charge in [0.1, 0.15) is 24.9 Å². The summed E-state index contributed by atoms with van der Waals surface area (Å²) in [6, 6.07) is 14.4. The van der Waals surface area contributed by atoms with Crippen LogP contribution < -0.4 is 24.3 Å². The Labute approximate surface area is 205 Å². The van der Waals surface area contributed by atoms with Crippen LogP contribution in [0, 0.1) is 11.3 Å². The normalized spacial score (nSPS) is 10.8. The smallest absolute Gasteiger partial charge is 0.268 e. The molecule has 2 aromatic carbocycles. The highest BCUT2D eigenvalue weighted by Crippen LogP contribution is 2.30. The van der Waals surface area contributed by atoms with Gasteiger partial charge in [0.15, 0.2) is 23.0 Å². The molecule has 0 bridgehead atoms. The highest BCUT2D eigenvalue weighted by molar-refractivity contribution is 7.98. The van der Waals surface area contributed by atoms with Gasteiger partial charge in [-0.3, -0.25) is 10.1 Å². The molecule has 176 valence electrons. The van der Waals surface area contributed by atoms with Gasteiger partial charge in [-0.15, -0.1) is 0 Å². The van der Waals surface area contributed by atoms with E-state index in [0.717, 1.165) is 11.5 Å². The first-order valence-corrected chi connectivity index (χ1v) is 11.9. The van der Waals surface area contributed by atoms with Gasteiger partial charge in [-0.2, -0.15) is 14.6 Å². The van der Waals surface area contributed by atoms with Gasteiger partial charge in [0.05, 0.1) is 14.2 Å². The summed E-state index contributed by atoms with van der Waals surface area (Å²) in [7, 11) is 3.09. The minimum Gasteiger partial charge on any atom is -0.493 e. The van der Waals surface area contributed by atoms with E-state index in [1.165, 1.54) is 24.9 Å². The highest BCUT2D eigenvalue weighted by atomic mass is 32.2. The number of nitrogens with one attached hydrogen (secondary N) is 1. The maximum absolute atomic E-state index is 12.5. The molecular weight excluding hydrogens is 476 g/mol. The third kappa shape index (κ3) is 6.63. The van der Waals surface area contributed by atoms with Crippen LogP contribution in [0.2, 0.25) is 0 Å². The van der Waals surface area contributed by atoms with E-state index in [9.17, 15) is 10.1 Å². The van der Waals surface area contributed by atoms with Crippen molar-refractivity contribution < 1.29 is 23.7 Å². The van der Waals surface area contributed by atoms with Crippen molar-refractivity contribution in [3.05, 3.63) is 53.6 Å². The SMILES string of the molecule is COc1ccccc1OCCOc1ccc(C=C(C#N)C(=O)Nc2nc(SC)ns2)cc1OC. The lowest BCUT2D eigenvalue weighted by Crippen LogP contribution is -2.13. The summed E-state index contributed by atoms with van der Waals surface area (Å²) < 4.78 is 26.2. The molecular formula is C23H22N4O5S2. The number of amides is 1. The summed E-state index contributed by atoms with van der Waals surface area (Å²) >= 11 is 2.41. The molecule has 0 spiro atoms. The van der Waals surface area contributed by atoms with Crippen LogP contribution >= 0.6 is 23.3 Å². The molecule has 34 heavy (non-hydrogen) atoms. The molecule has 0 aliphatic heterocycles. The Balaban J connectivity index is 1.63. The summed E-state index contributed by atoms with van der Waals surface area (Å²) in [5.41, 5.74) is 0.519. The molecule has 0 aliphatic carbocycles. The van der Waals surface area contributed by atoms with Crippen molar-refractivity contribution in [2.24, 2.45) is 0 Å². The second kappa shape index (κ2) is 12.5. The van der Waals surface area contributed by atoms with Crippen molar-refractivity contribution in [3.8, 4) is 29.1 Å². The minimum absolute atomic E-state index is 0.0816. The molecule has 11 heteroatoms. The van der Waals surface area contributed by atoms with E-state index in [1.807, 2.05) is 36.6 Å². The van der Waals surface area contributed by atoms with E-state index in [2.05, 4.69) is 14.7 Å². The summed E-state index contributed by atoms with van der Waals surface area (Å²) in [6.07, 6.45) is 3.30. The molecule has 1 heterocycles. The molecule has 0 radical (unpaired) electrons. The standard InChI is InChI=1S/C23H22N4O5S2/c1-29-17-6-4-5-7-18(17)31-10-11-32-19-9-8-15(13-20(19)30-2)12-16(14-24)21(28)25-22-26-23(33-3)27-34-22/h4-9,12-13H,10-11H2,1-3H3,(H,25,26,27,28). The Hall–Kier alpha value is -3.75. The predicted octanol–water partition coefficient (Wildman–Crippen LogP) is 4.28. The third-order valence-electron chi connectivity index (χ3n) is 4.34. The molecule has 0 saturated heterocycles. The first-order chi connectivity index (χ1) is 16.6. The lowest BCUT2D eigenvalue weighted by atomic mass is 10.1. The van der Waals surface area contributed by atoms with E-state index in [1.54, 1.807) is 25.3 Å². The van der Waals surface area contributed by atoms with E-state index < -0.39 is 5.91 Å². The molecule has 0 fully saturated rings. The summed E-state index contributed by atoms with van der Waals surface area (Å²) in [5, 5.41) is 12.9. The van der Waals surface area contributed by atoms with Gasteiger partial charge in [-0.1, -0.05) is 30.0 Å². The van der Waals surface area contributed by atoms with Gasteiger partial charge >= 0.3 is 0 Å². The molecule has 0 atom stereocenters. The molecule has 3 aromatic rings. The van der Waals surface area contributed by atoms with Gasteiger partial charge < -0.3 is 18.9 Å². The van der Waals surface area contributed by atoms with Crippen LogP contribution in [0.4, 0.5) is 5.13 Å². The molecule has 0 aliphatic rings. The molecule has 0 saturated carbocycles. The Morgan fingerprint density at radius 3 is 2.38 bits per heavy atom. The van der Waals surface area contributed by atoms with Crippen LogP contribution in [-0.4, -0.2) is 49.0 Å². The monoisotopic (exact) mass is 498 g/mol. The molecule has 1 amide bonds. The zero-order valence-corrected chi connectivity index (χ0v) is 20.4. The van der Waals surface area contributed by atoms with Crippen LogP contribution in [-0.2, 0) is 4.79 Å². The summed E-state index contributed by atoms with van der Waals surface area (Å²) in [5.74, 6) is 1.66. The Morgan fingerprint density at radius 2 is 1.76 bits per heavy atom. The molecule has 1 aromatic heterocycles. The number of aromatic nitrogens is 2. The van der Waals surface area contributed by atoms with E-state index >= 15 is 0 Å². The molecule has 3 rings (SSSR count). The zero-order valence-electron chi connectivity index (χ0n) is 18.7. The number of hydrogen-bond acceptors (Lipinski definition) is 10. The molecule has 0 unspecified atom stereocenters. The van der Waals surface area contributed by atoms with Gasteiger partial charge in [-0.25, -0.2) is 0 Å². The topological polar surface area (TPSA) is 116 Å². The summed E-state index contributed by atoms with van der Waals surface area (Å²) in [6.45, 7) is 0.573. The largest absolute Gasteiger partial charge is 0.493 e. The maximum Gasteiger partial charge on any atom is 0.268 e. The number of hydrogen-bond donors (Lipinski definition) is 1. The number of nitrogens with zero attached hydrogens (tertiary/aromatic N) is 3. The van der Waals surface area contributed by atoms with Gasteiger partial charge in [0.25, 0.3) is 5.91 Å². The fourth-order valence-corrected chi connectivity index (χ4v) is 3.88. The maximum atomic E-state index is 12.5. The number of anilines is 1. The van der Waals surface area contributed by atoms with Crippen LogP contribution in [0.15, 0.2) is 53.2 Å². The van der Waals surface area contributed by atoms with Crippen molar-refractivity contribution in [1.29, 1.82) is 5.26 Å². The quantitative estimate of drug-likeness (QED) is 0.179. The second-order valence-electron chi connectivity index (χ2n) is 6.47. The van der Waals surface area contributed by atoms with Gasteiger partial charge in [-0.05, 0) is 42.2 Å². The summed E-state index contributed by atoms with van der Waals surface area (Å²) in [4.78, 5) is 16.6. The number of carbonyl (C=O) groups excluding carboxylic acids is 1. The second-order valence-corrected chi connectivity index (χ2v) is 7.99. The van der Waals surface area contributed by atoms with Crippen molar-refractivity contribution in [3.63, 3.8) is 0 Å². The average molecular weight is 499 g/mol. The highest BCUT2D eigenvalue weighted by Gasteiger charge is 2.14. The van der Waals surface area contributed by atoms with Crippen LogP contribution in [0.25, 0.3) is 6.08 Å². The van der Waals surface area contributed by atoms with Gasteiger partial charge in [0.2, 0.25) is 10.3 Å².